The lowest BCUT2D eigenvalue weighted by Gasteiger charge is -2.19. The number of carboxylic acid groups (broad SMARTS) is 1. The Morgan fingerprint density at radius 1 is 1.42 bits per heavy atom. The smallest absolute Gasteiger partial charge is 0.326 e. The summed E-state index contributed by atoms with van der Waals surface area (Å²) < 4.78 is 2.42. The molecule has 2 aromatic rings. The van der Waals surface area contributed by atoms with Crippen LogP contribution in [0.1, 0.15) is 36.5 Å². The zero-order chi connectivity index (χ0) is 17.9. The van der Waals surface area contributed by atoms with Crippen LogP contribution in [0.4, 0.5) is 0 Å². The first-order chi connectivity index (χ1) is 11.3. The fourth-order valence-electron chi connectivity index (χ4n) is 2.28. The van der Waals surface area contributed by atoms with E-state index in [0.29, 0.717) is 12.1 Å². The molecule has 0 aliphatic heterocycles. The van der Waals surface area contributed by atoms with E-state index in [4.69, 9.17) is 0 Å². The number of amides is 1. The van der Waals surface area contributed by atoms with Crippen LogP contribution < -0.4 is 5.32 Å². The van der Waals surface area contributed by atoms with Crippen molar-refractivity contribution in [2.75, 3.05) is 0 Å². The molecule has 2 rings (SSSR count). The standard InChI is InChI=1S/C16H19BrN4O3/c1-4-9(2)13(16(23)24)18-15(22)14-10(3)21(20-19-14)12-7-5-6-11(17)8-12/h5-9,13H,4H2,1-3H3,(H,18,22)(H,23,24). The number of rotatable bonds is 6. The summed E-state index contributed by atoms with van der Waals surface area (Å²) in [5.74, 6) is -1.79. The van der Waals surface area contributed by atoms with Crippen molar-refractivity contribution in [1.82, 2.24) is 20.3 Å². The Kier molecular flexibility index (Phi) is 5.71. The molecule has 0 saturated heterocycles. The maximum atomic E-state index is 12.4. The van der Waals surface area contributed by atoms with E-state index in [9.17, 15) is 14.7 Å². The average Bonchev–Trinajstić information content (AvgIpc) is 2.93. The van der Waals surface area contributed by atoms with E-state index >= 15 is 0 Å². The molecule has 0 spiro atoms. The van der Waals surface area contributed by atoms with Gasteiger partial charge in [0.25, 0.3) is 5.91 Å². The molecule has 0 radical (unpaired) electrons. The van der Waals surface area contributed by atoms with E-state index in [1.54, 1.807) is 18.5 Å². The summed E-state index contributed by atoms with van der Waals surface area (Å²) >= 11 is 3.39. The first-order valence-corrected chi connectivity index (χ1v) is 8.36. The minimum Gasteiger partial charge on any atom is -0.480 e. The maximum absolute atomic E-state index is 12.4. The molecule has 2 atom stereocenters. The average molecular weight is 395 g/mol. The van der Waals surface area contributed by atoms with Crippen LogP contribution in [0.2, 0.25) is 0 Å². The number of hydrogen-bond donors (Lipinski definition) is 2. The molecule has 7 nitrogen and oxygen atoms in total. The number of nitrogens with one attached hydrogen (secondary N) is 1. The third-order valence-electron chi connectivity index (χ3n) is 3.93. The Bertz CT molecular complexity index is 760. The summed E-state index contributed by atoms with van der Waals surface area (Å²) in [6.07, 6.45) is 0.640. The second kappa shape index (κ2) is 7.57. The van der Waals surface area contributed by atoms with Crippen LogP contribution in [0.15, 0.2) is 28.7 Å². The topological polar surface area (TPSA) is 97.1 Å². The number of carbonyl (C=O) groups is 2. The molecule has 2 unspecified atom stereocenters. The number of carbonyl (C=O) groups excluding carboxylic acids is 1. The second-order valence-electron chi connectivity index (χ2n) is 5.59. The van der Waals surface area contributed by atoms with Crippen LogP contribution in [-0.2, 0) is 4.79 Å². The van der Waals surface area contributed by atoms with Gasteiger partial charge in [-0.15, -0.1) is 5.10 Å². The fraction of sp³-hybridized carbons (Fsp3) is 0.375. The Morgan fingerprint density at radius 3 is 2.71 bits per heavy atom. The van der Waals surface area contributed by atoms with Gasteiger partial charge in [-0.05, 0) is 31.0 Å². The molecule has 1 heterocycles. The number of nitrogens with zero attached hydrogens (tertiary/aromatic N) is 3. The van der Waals surface area contributed by atoms with Crippen LogP contribution in [0.5, 0.6) is 0 Å². The Hall–Kier alpha value is -2.22. The van der Waals surface area contributed by atoms with Crippen molar-refractivity contribution in [3.05, 3.63) is 40.1 Å². The van der Waals surface area contributed by atoms with E-state index in [2.05, 4.69) is 31.6 Å². The van der Waals surface area contributed by atoms with Crippen molar-refractivity contribution in [3.8, 4) is 5.69 Å². The summed E-state index contributed by atoms with van der Waals surface area (Å²) in [6.45, 7) is 5.38. The van der Waals surface area contributed by atoms with Gasteiger partial charge in [0.1, 0.15) is 6.04 Å². The highest BCUT2D eigenvalue weighted by atomic mass is 79.9. The number of aromatic nitrogens is 3. The number of aliphatic carboxylic acids is 1. The highest BCUT2D eigenvalue weighted by Gasteiger charge is 2.28. The van der Waals surface area contributed by atoms with Crippen molar-refractivity contribution in [2.24, 2.45) is 5.92 Å². The number of halogens is 1. The van der Waals surface area contributed by atoms with Crippen molar-refractivity contribution in [3.63, 3.8) is 0 Å². The molecule has 24 heavy (non-hydrogen) atoms. The summed E-state index contributed by atoms with van der Waals surface area (Å²) in [5, 5.41) is 19.7. The second-order valence-corrected chi connectivity index (χ2v) is 6.51. The fourth-order valence-corrected chi connectivity index (χ4v) is 2.67. The van der Waals surface area contributed by atoms with Gasteiger partial charge in [-0.2, -0.15) is 0 Å². The molecule has 1 aromatic heterocycles. The van der Waals surface area contributed by atoms with E-state index in [0.717, 1.165) is 10.2 Å². The van der Waals surface area contributed by atoms with Gasteiger partial charge in [0.15, 0.2) is 5.69 Å². The van der Waals surface area contributed by atoms with E-state index in [1.165, 1.54) is 0 Å². The minimum absolute atomic E-state index is 0.115. The number of benzene rings is 1. The molecular formula is C16H19BrN4O3. The van der Waals surface area contributed by atoms with E-state index in [1.807, 2.05) is 31.2 Å². The van der Waals surface area contributed by atoms with Gasteiger partial charge in [-0.3, -0.25) is 4.79 Å². The summed E-state index contributed by atoms with van der Waals surface area (Å²) in [5.41, 5.74) is 1.41. The quantitative estimate of drug-likeness (QED) is 0.784. The Labute approximate surface area is 148 Å². The largest absolute Gasteiger partial charge is 0.480 e. The third kappa shape index (κ3) is 3.81. The normalized spacial score (nSPS) is 13.3. The summed E-state index contributed by atoms with van der Waals surface area (Å²) in [7, 11) is 0. The zero-order valence-corrected chi connectivity index (χ0v) is 15.2. The SMILES string of the molecule is CCC(C)C(NC(=O)c1nnn(-c2cccc(Br)c2)c1C)C(=O)O. The first-order valence-electron chi connectivity index (χ1n) is 7.57. The predicted molar refractivity (Wildman–Crippen MR) is 92.1 cm³/mol. The molecule has 1 amide bonds. The minimum atomic E-state index is -1.06. The molecule has 0 aliphatic carbocycles. The van der Waals surface area contributed by atoms with Gasteiger partial charge < -0.3 is 10.4 Å². The summed E-state index contributed by atoms with van der Waals surface area (Å²) in [4.78, 5) is 23.8. The van der Waals surface area contributed by atoms with Gasteiger partial charge in [0.05, 0.1) is 11.4 Å². The van der Waals surface area contributed by atoms with Crippen LogP contribution in [0, 0.1) is 12.8 Å². The van der Waals surface area contributed by atoms with Gasteiger partial charge >= 0.3 is 5.97 Å². The molecular weight excluding hydrogens is 376 g/mol. The summed E-state index contributed by atoms with van der Waals surface area (Å²) in [6, 6.07) is 6.46. The molecule has 0 saturated carbocycles. The lowest BCUT2D eigenvalue weighted by molar-refractivity contribution is -0.140. The number of carboxylic acids is 1. The van der Waals surface area contributed by atoms with E-state index < -0.39 is 17.9 Å². The molecule has 0 aliphatic rings. The third-order valence-corrected chi connectivity index (χ3v) is 4.42. The van der Waals surface area contributed by atoms with Crippen LogP contribution in [0.25, 0.3) is 5.69 Å². The van der Waals surface area contributed by atoms with Crippen molar-refractivity contribution in [2.45, 2.75) is 33.2 Å². The molecule has 0 bridgehead atoms. The monoisotopic (exact) mass is 394 g/mol. The first kappa shape index (κ1) is 18.1. The molecule has 8 heteroatoms. The van der Waals surface area contributed by atoms with Gasteiger partial charge in [-0.1, -0.05) is 47.5 Å². The molecule has 2 N–H and O–H groups in total. The zero-order valence-electron chi connectivity index (χ0n) is 13.7. The van der Waals surface area contributed by atoms with E-state index in [-0.39, 0.29) is 11.6 Å². The van der Waals surface area contributed by atoms with Crippen LogP contribution in [-0.4, -0.2) is 38.0 Å². The molecule has 1 aromatic carbocycles. The Morgan fingerprint density at radius 2 is 2.12 bits per heavy atom. The van der Waals surface area contributed by atoms with Crippen molar-refractivity contribution >= 4 is 27.8 Å². The molecule has 0 fully saturated rings. The van der Waals surface area contributed by atoms with Gasteiger partial charge in [0.2, 0.25) is 0 Å². The predicted octanol–water partition coefficient (Wildman–Crippen LogP) is 2.57. The number of hydrogen-bond acceptors (Lipinski definition) is 4. The van der Waals surface area contributed by atoms with Crippen molar-refractivity contribution in [1.29, 1.82) is 0 Å². The van der Waals surface area contributed by atoms with Crippen LogP contribution >= 0.6 is 15.9 Å². The lowest BCUT2D eigenvalue weighted by Crippen LogP contribution is -2.45. The Balaban J connectivity index is 2.27. The van der Waals surface area contributed by atoms with Gasteiger partial charge in [-0.25, -0.2) is 9.48 Å². The van der Waals surface area contributed by atoms with Crippen molar-refractivity contribution < 1.29 is 14.7 Å². The van der Waals surface area contributed by atoms with Crippen LogP contribution in [0.3, 0.4) is 0 Å². The highest BCUT2D eigenvalue weighted by Crippen LogP contribution is 2.17. The maximum Gasteiger partial charge on any atom is 0.326 e. The molecule has 128 valence electrons. The lowest BCUT2D eigenvalue weighted by atomic mass is 9.99. The highest BCUT2D eigenvalue weighted by molar-refractivity contribution is 9.10. The van der Waals surface area contributed by atoms with Gasteiger partial charge in [0, 0.05) is 4.47 Å².